The van der Waals surface area contributed by atoms with Crippen LogP contribution >= 0.6 is 0 Å². The normalized spacial score (nSPS) is 12.2. The number of pyridine rings is 1. The van der Waals surface area contributed by atoms with Gasteiger partial charge in [0.05, 0.1) is 16.4 Å². The van der Waals surface area contributed by atoms with Crippen LogP contribution in [-0.4, -0.2) is 20.9 Å². The van der Waals surface area contributed by atoms with Crippen molar-refractivity contribution in [3.63, 3.8) is 0 Å². The molecule has 0 saturated heterocycles. The summed E-state index contributed by atoms with van der Waals surface area (Å²) < 4.78 is 0. The van der Waals surface area contributed by atoms with Gasteiger partial charge in [-0.25, -0.2) is 0 Å². The number of aromatic nitrogens is 1. The zero-order chi connectivity index (χ0) is 20.8. The highest BCUT2D eigenvalue weighted by atomic mass is 16.6. The van der Waals surface area contributed by atoms with E-state index in [0.717, 1.165) is 5.56 Å². The van der Waals surface area contributed by atoms with Crippen molar-refractivity contribution in [2.75, 3.05) is 0 Å². The highest BCUT2D eigenvalue weighted by Crippen LogP contribution is 2.38. The second kappa shape index (κ2) is 8.97. The number of phenols is 1. The van der Waals surface area contributed by atoms with E-state index >= 15 is 0 Å². The van der Waals surface area contributed by atoms with E-state index in [1.807, 2.05) is 37.3 Å². The Morgan fingerprint density at radius 2 is 2.03 bits per heavy atom. The molecule has 0 unspecified atom stereocenters. The second-order valence-corrected chi connectivity index (χ2v) is 6.56. The largest absolute Gasteiger partial charge is 0.505 e. The van der Waals surface area contributed by atoms with Gasteiger partial charge in [-0.15, -0.1) is 0 Å². The lowest BCUT2D eigenvalue weighted by Gasteiger charge is -2.18. The van der Waals surface area contributed by atoms with Crippen LogP contribution in [0.4, 0.5) is 5.69 Å². The molecule has 0 fully saturated rings. The molecule has 3 aromatic rings. The summed E-state index contributed by atoms with van der Waals surface area (Å²) in [5, 5.41) is 25.5. The third-order valence-corrected chi connectivity index (χ3v) is 4.48. The Morgan fingerprint density at radius 3 is 2.72 bits per heavy atom. The lowest BCUT2D eigenvalue weighted by Crippen LogP contribution is -2.27. The fraction of sp³-hybridized carbons (Fsp3) is 0.182. The van der Waals surface area contributed by atoms with Crippen LogP contribution in [0.3, 0.4) is 0 Å². The molecule has 7 heteroatoms. The molecule has 1 aromatic heterocycles. The van der Waals surface area contributed by atoms with Crippen molar-refractivity contribution < 1.29 is 14.8 Å². The lowest BCUT2D eigenvalue weighted by molar-refractivity contribution is -0.383. The first-order valence-corrected chi connectivity index (χ1v) is 9.29. The van der Waals surface area contributed by atoms with E-state index < -0.39 is 11.0 Å². The molecular formula is C22H21N3O4. The first-order valence-electron chi connectivity index (χ1n) is 9.29. The van der Waals surface area contributed by atoms with Crippen LogP contribution < -0.4 is 5.32 Å². The number of non-ortho nitro benzene ring substituents is 1. The van der Waals surface area contributed by atoms with Gasteiger partial charge in [-0.3, -0.25) is 19.9 Å². The topological polar surface area (TPSA) is 105 Å². The van der Waals surface area contributed by atoms with Gasteiger partial charge in [0.25, 0.3) is 5.69 Å². The van der Waals surface area contributed by atoms with Crippen LogP contribution in [-0.2, 0) is 4.79 Å². The minimum absolute atomic E-state index is 0.125. The predicted octanol–water partition coefficient (Wildman–Crippen LogP) is 4.52. The monoisotopic (exact) mass is 391 g/mol. The summed E-state index contributed by atoms with van der Waals surface area (Å²) >= 11 is 0. The molecule has 1 heterocycles. The molecule has 7 nitrogen and oxygen atoms in total. The number of fused-ring (bicyclic) bond motifs is 1. The summed E-state index contributed by atoms with van der Waals surface area (Å²) in [7, 11) is 0. The van der Waals surface area contributed by atoms with Crippen LogP contribution in [0, 0.1) is 10.1 Å². The van der Waals surface area contributed by atoms with E-state index in [9.17, 15) is 20.0 Å². The second-order valence-electron chi connectivity index (χ2n) is 6.56. The molecule has 2 N–H and O–H groups in total. The Hall–Kier alpha value is -3.74. The summed E-state index contributed by atoms with van der Waals surface area (Å²) in [6, 6.07) is 13.1. The summed E-state index contributed by atoms with van der Waals surface area (Å²) in [4.78, 5) is 27.4. The number of hydrogen-bond donors (Lipinski definition) is 2. The van der Waals surface area contributed by atoms with Crippen molar-refractivity contribution >= 4 is 28.6 Å². The number of nitro benzene ring substituents is 1. The van der Waals surface area contributed by atoms with Crippen LogP contribution in [0.25, 0.3) is 17.0 Å². The van der Waals surface area contributed by atoms with Crippen molar-refractivity contribution in [1.82, 2.24) is 10.3 Å². The lowest BCUT2D eigenvalue weighted by atomic mass is 9.99. The molecule has 0 aliphatic rings. The van der Waals surface area contributed by atoms with Crippen LogP contribution in [0.1, 0.15) is 36.9 Å². The van der Waals surface area contributed by atoms with Crippen LogP contribution in [0.15, 0.2) is 60.8 Å². The number of carbonyl (C=O) groups excluding carboxylic acids is 1. The average Bonchev–Trinajstić information content (AvgIpc) is 2.72. The molecule has 29 heavy (non-hydrogen) atoms. The van der Waals surface area contributed by atoms with Gasteiger partial charge in [0, 0.05) is 24.2 Å². The first-order chi connectivity index (χ1) is 14.0. The molecule has 3 rings (SSSR count). The molecule has 0 spiro atoms. The van der Waals surface area contributed by atoms with E-state index in [4.69, 9.17) is 0 Å². The smallest absolute Gasteiger partial charge is 0.279 e. The van der Waals surface area contributed by atoms with Gasteiger partial charge in [0.15, 0.2) is 0 Å². The molecule has 148 valence electrons. The van der Waals surface area contributed by atoms with E-state index in [0.29, 0.717) is 12.8 Å². The van der Waals surface area contributed by atoms with Crippen LogP contribution in [0.5, 0.6) is 5.75 Å². The quantitative estimate of drug-likeness (QED) is 0.455. The van der Waals surface area contributed by atoms with Gasteiger partial charge in [0.1, 0.15) is 11.3 Å². The number of nitro groups is 1. The maximum Gasteiger partial charge on any atom is 0.279 e. The summed E-state index contributed by atoms with van der Waals surface area (Å²) in [5.74, 6) is -0.399. The SMILES string of the molecule is CCCC(=O)N[C@H](/C=C/c1ccccc1)c1cc([N+](=O)[O-])c2cccnc2c1O. The van der Waals surface area contributed by atoms with Crippen molar-refractivity contribution in [2.45, 2.75) is 25.8 Å². The van der Waals surface area contributed by atoms with Gasteiger partial charge in [0.2, 0.25) is 5.91 Å². The fourth-order valence-corrected chi connectivity index (χ4v) is 3.09. The van der Waals surface area contributed by atoms with Gasteiger partial charge in [-0.2, -0.15) is 0 Å². The Kier molecular flexibility index (Phi) is 6.19. The number of rotatable bonds is 7. The predicted molar refractivity (Wildman–Crippen MR) is 111 cm³/mol. The highest BCUT2D eigenvalue weighted by Gasteiger charge is 2.24. The summed E-state index contributed by atoms with van der Waals surface area (Å²) in [5.41, 5.74) is 1.07. The molecule has 1 amide bonds. The molecular weight excluding hydrogens is 370 g/mol. The fourth-order valence-electron chi connectivity index (χ4n) is 3.09. The summed E-state index contributed by atoms with van der Waals surface area (Å²) in [6.07, 6.45) is 5.93. The number of amides is 1. The van der Waals surface area contributed by atoms with Crippen LogP contribution in [0.2, 0.25) is 0 Å². The number of benzene rings is 2. The van der Waals surface area contributed by atoms with Crippen molar-refractivity contribution in [3.05, 3.63) is 82.0 Å². The summed E-state index contributed by atoms with van der Waals surface area (Å²) in [6.45, 7) is 1.89. The molecule has 0 saturated carbocycles. The number of phenolic OH excluding ortho intramolecular Hbond substituents is 1. The Bertz CT molecular complexity index is 1060. The average molecular weight is 391 g/mol. The minimum Gasteiger partial charge on any atom is -0.505 e. The molecule has 2 aromatic carbocycles. The van der Waals surface area contributed by atoms with E-state index in [2.05, 4.69) is 10.3 Å². The third kappa shape index (κ3) is 4.57. The van der Waals surface area contributed by atoms with Crippen molar-refractivity contribution in [2.24, 2.45) is 0 Å². The Balaban J connectivity index is 2.12. The standard InChI is InChI=1S/C22H21N3O4/c1-2-7-20(26)24-18(12-11-15-8-4-3-5-9-15)17-14-19(25(28)29)16-10-6-13-23-21(16)22(17)27/h3-6,8-14,18,27H,2,7H2,1H3,(H,24,26)/b12-11+/t18-/m1/s1. The number of hydrogen-bond acceptors (Lipinski definition) is 5. The van der Waals surface area contributed by atoms with E-state index in [1.54, 1.807) is 18.2 Å². The highest BCUT2D eigenvalue weighted by molar-refractivity contribution is 5.93. The number of nitrogens with zero attached hydrogens (tertiary/aromatic N) is 2. The van der Waals surface area contributed by atoms with Crippen molar-refractivity contribution in [3.8, 4) is 5.75 Å². The zero-order valence-electron chi connectivity index (χ0n) is 15.9. The molecule has 0 bridgehead atoms. The molecule has 0 aliphatic heterocycles. The van der Waals surface area contributed by atoms with Crippen molar-refractivity contribution in [1.29, 1.82) is 0 Å². The number of carbonyl (C=O) groups is 1. The Labute approximate surface area is 167 Å². The number of aromatic hydroxyl groups is 1. The van der Waals surface area contributed by atoms with E-state index in [-0.39, 0.29) is 33.8 Å². The minimum atomic E-state index is -0.751. The van der Waals surface area contributed by atoms with Gasteiger partial charge in [-0.05, 0) is 24.1 Å². The van der Waals surface area contributed by atoms with Gasteiger partial charge >= 0.3 is 0 Å². The zero-order valence-corrected chi connectivity index (χ0v) is 15.9. The number of nitrogens with one attached hydrogen (secondary N) is 1. The Morgan fingerprint density at radius 1 is 1.28 bits per heavy atom. The van der Waals surface area contributed by atoms with Gasteiger partial charge < -0.3 is 10.4 Å². The maximum atomic E-state index is 12.3. The van der Waals surface area contributed by atoms with E-state index in [1.165, 1.54) is 18.3 Å². The third-order valence-electron chi connectivity index (χ3n) is 4.48. The maximum absolute atomic E-state index is 12.3. The molecule has 0 radical (unpaired) electrons. The van der Waals surface area contributed by atoms with Gasteiger partial charge in [-0.1, -0.05) is 49.4 Å². The first kappa shape index (κ1) is 20.0. The molecule has 0 aliphatic carbocycles. The molecule has 1 atom stereocenters.